The van der Waals surface area contributed by atoms with Gasteiger partial charge in [0.2, 0.25) is 5.60 Å². The number of hydrogen-bond donors (Lipinski definition) is 1. The lowest BCUT2D eigenvalue weighted by Gasteiger charge is -2.32. The fourth-order valence-corrected chi connectivity index (χ4v) is 2.80. The minimum atomic E-state index is -1.81. The van der Waals surface area contributed by atoms with E-state index in [0.29, 0.717) is 18.5 Å². The highest BCUT2D eigenvalue weighted by Gasteiger charge is 2.41. The molecule has 1 heterocycles. The zero-order valence-corrected chi connectivity index (χ0v) is 12.8. The second-order valence-electron chi connectivity index (χ2n) is 5.68. The summed E-state index contributed by atoms with van der Waals surface area (Å²) < 4.78 is 5.53. The smallest absolute Gasteiger partial charge is 0.355 e. The molecule has 0 aromatic heterocycles. The molecule has 1 saturated heterocycles. The molecule has 1 fully saturated rings. The van der Waals surface area contributed by atoms with E-state index in [2.05, 4.69) is 16.7 Å². The van der Waals surface area contributed by atoms with E-state index in [-0.39, 0.29) is 6.10 Å². The third-order valence-corrected chi connectivity index (χ3v) is 3.93. The van der Waals surface area contributed by atoms with E-state index in [1.54, 1.807) is 13.0 Å². The highest BCUT2D eigenvalue weighted by Crippen LogP contribution is 2.27. The lowest BCUT2D eigenvalue weighted by atomic mass is 9.88. The van der Waals surface area contributed by atoms with Gasteiger partial charge in [-0.1, -0.05) is 24.1 Å². The summed E-state index contributed by atoms with van der Waals surface area (Å²) in [6.45, 7) is 3.34. The Balaban J connectivity index is 2.13. The summed E-state index contributed by atoms with van der Waals surface area (Å²) in [6, 6.07) is 0. The Morgan fingerprint density at radius 3 is 3.00 bits per heavy atom. The van der Waals surface area contributed by atoms with Crippen LogP contribution in [0.3, 0.4) is 0 Å². The van der Waals surface area contributed by atoms with Crippen molar-refractivity contribution < 1.29 is 14.6 Å². The van der Waals surface area contributed by atoms with Crippen LogP contribution in [0, 0.1) is 11.8 Å². The zero-order chi connectivity index (χ0) is 15.3. The van der Waals surface area contributed by atoms with Crippen molar-refractivity contribution in [2.24, 2.45) is 0 Å². The first-order chi connectivity index (χ1) is 10.1. The molecular weight excluding hydrogens is 266 g/mol. The van der Waals surface area contributed by atoms with Crippen molar-refractivity contribution in [3.63, 3.8) is 0 Å². The number of aliphatic hydroxyl groups is 1. The monoisotopic (exact) mass is 289 g/mol. The molecule has 114 valence electrons. The van der Waals surface area contributed by atoms with E-state index in [1.807, 2.05) is 19.2 Å². The molecule has 0 aromatic rings. The van der Waals surface area contributed by atoms with Gasteiger partial charge in [-0.3, -0.25) is 0 Å². The number of hydrogen-bond acceptors (Lipinski definition) is 4. The predicted octanol–water partition coefficient (Wildman–Crippen LogP) is 1.65. The molecule has 0 spiro atoms. The fraction of sp³-hybridized carbons (Fsp3) is 0.588. The number of nitrogens with zero attached hydrogens (tertiary/aromatic N) is 1. The van der Waals surface area contributed by atoms with E-state index < -0.39 is 11.6 Å². The molecule has 0 amide bonds. The number of esters is 1. The second-order valence-corrected chi connectivity index (χ2v) is 5.68. The Hall–Kier alpha value is -1.57. The number of likely N-dealkylation sites (N-methyl/N-ethyl adjacent to an activating group) is 1. The quantitative estimate of drug-likeness (QED) is 0.634. The lowest BCUT2D eigenvalue weighted by molar-refractivity contribution is -0.164. The summed E-state index contributed by atoms with van der Waals surface area (Å²) in [5, 5.41) is 10.7. The van der Waals surface area contributed by atoms with Gasteiger partial charge in [-0.25, -0.2) is 4.79 Å². The van der Waals surface area contributed by atoms with Gasteiger partial charge in [-0.2, -0.15) is 0 Å². The normalized spacial score (nSPS) is 25.3. The van der Waals surface area contributed by atoms with Gasteiger partial charge in [0, 0.05) is 6.54 Å². The van der Waals surface area contributed by atoms with E-state index >= 15 is 0 Å². The average Bonchev–Trinajstić information content (AvgIpc) is 2.48. The molecule has 0 saturated carbocycles. The predicted molar refractivity (Wildman–Crippen MR) is 81.5 cm³/mol. The van der Waals surface area contributed by atoms with Gasteiger partial charge in [0.1, 0.15) is 6.10 Å². The molecule has 2 unspecified atom stereocenters. The molecule has 2 atom stereocenters. The van der Waals surface area contributed by atoms with Gasteiger partial charge >= 0.3 is 5.97 Å². The van der Waals surface area contributed by atoms with Crippen molar-refractivity contribution in [2.75, 3.05) is 20.1 Å². The highest BCUT2D eigenvalue weighted by atomic mass is 16.6. The van der Waals surface area contributed by atoms with E-state index in [4.69, 9.17) is 4.74 Å². The Labute approximate surface area is 126 Å². The first-order valence-corrected chi connectivity index (χ1v) is 7.48. The van der Waals surface area contributed by atoms with Crippen LogP contribution in [0.15, 0.2) is 23.8 Å². The van der Waals surface area contributed by atoms with Crippen molar-refractivity contribution in [1.29, 1.82) is 0 Å². The number of ether oxygens (including phenoxy) is 1. The van der Waals surface area contributed by atoms with Crippen LogP contribution in [-0.2, 0) is 9.53 Å². The number of allylic oxidation sites excluding steroid dienone is 3. The van der Waals surface area contributed by atoms with Crippen LogP contribution in [0.2, 0.25) is 0 Å². The Bertz CT molecular complexity index is 512. The van der Waals surface area contributed by atoms with Crippen molar-refractivity contribution in [2.45, 2.75) is 44.3 Å². The molecule has 1 aliphatic carbocycles. The summed E-state index contributed by atoms with van der Waals surface area (Å²) in [5.74, 6) is 4.66. The van der Waals surface area contributed by atoms with Crippen LogP contribution in [0.4, 0.5) is 0 Å². The molecule has 21 heavy (non-hydrogen) atoms. The zero-order valence-electron chi connectivity index (χ0n) is 12.8. The molecule has 2 rings (SSSR count). The van der Waals surface area contributed by atoms with Gasteiger partial charge in [0.15, 0.2) is 0 Å². The van der Waals surface area contributed by atoms with Gasteiger partial charge in [0.05, 0.1) is 0 Å². The standard InChI is InChI=1S/C17H23NO3/c1-3-11-17(20,14-8-5-4-6-9-14)16(19)21-15-10-7-12-18(2)13-15/h4-5,8,15,20H,6-7,9-10,12-13H2,1-2H3. The molecule has 1 aliphatic heterocycles. The van der Waals surface area contributed by atoms with Crippen LogP contribution in [0.1, 0.15) is 32.6 Å². The topological polar surface area (TPSA) is 49.8 Å². The van der Waals surface area contributed by atoms with Crippen molar-refractivity contribution in [3.05, 3.63) is 23.8 Å². The highest BCUT2D eigenvalue weighted by molar-refractivity contribution is 5.88. The van der Waals surface area contributed by atoms with E-state index in [0.717, 1.165) is 25.8 Å². The minimum absolute atomic E-state index is 0.166. The second kappa shape index (κ2) is 6.93. The van der Waals surface area contributed by atoms with Crippen molar-refractivity contribution in [3.8, 4) is 11.8 Å². The van der Waals surface area contributed by atoms with Crippen LogP contribution in [-0.4, -0.2) is 47.8 Å². The summed E-state index contributed by atoms with van der Waals surface area (Å²) in [7, 11) is 2.01. The fourth-order valence-electron chi connectivity index (χ4n) is 2.80. The summed E-state index contributed by atoms with van der Waals surface area (Å²) in [6.07, 6.45) is 8.72. The van der Waals surface area contributed by atoms with Gasteiger partial charge in [-0.05, 0) is 51.8 Å². The van der Waals surface area contributed by atoms with E-state index in [9.17, 15) is 9.90 Å². The number of likely N-dealkylation sites (tertiary alicyclic amines) is 1. The Morgan fingerprint density at radius 1 is 1.57 bits per heavy atom. The first kappa shape index (κ1) is 15.8. The van der Waals surface area contributed by atoms with Crippen LogP contribution in [0.25, 0.3) is 0 Å². The summed E-state index contributed by atoms with van der Waals surface area (Å²) >= 11 is 0. The van der Waals surface area contributed by atoms with Crippen molar-refractivity contribution >= 4 is 5.97 Å². The van der Waals surface area contributed by atoms with E-state index in [1.165, 1.54) is 0 Å². The maximum atomic E-state index is 12.5. The van der Waals surface area contributed by atoms with Crippen LogP contribution >= 0.6 is 0 Å². The van der Waals surface area contributed by atoms with Gasteiger partial charge in [-0.15, -0.1) is 5.92 Å². The molecule has 2 aliphatic rings. The molecule has 0 aromatic carbocycles. The number of carbonyl (C=O) groups excluding carboxylic acids is 1. The van der Waals surface area contributed by atoms with Crippen LogP contribution in [0.5, 0.6) is 0 Å². The Morgan fingerprint density at radius 2 is 2.38 bits per heavy atom. The lowest BCUT2D eigenvalue weighted by Crippen LogP contribution is -2.46. The summed E-state index contributed by atoms with van der Waals surface area (Å²) in [5.41, 5.74) is -1.19. The number of carbonyl (C=O) groups is 1. The maximum Gasteiger partial charge on any atom is 0.355 e. The number of rotatable bonds is 3. The largest absolute Gasteiger partial charge is 0.458 e. The maximum absolute atomic E-state index is 12.5. The molecule has 1 N–H and O–H groups in total. The molecular formula is C17H23NO3. The summed E-state index contributed by atoms with van der Waals surface area (Å²) in [4.78, 5) is 14.6. The number of piperidine rings is 1. The molecule has 0 bridgehead atoms. The van der Waals surface area contributed by atoms with Crippen molar-refractivity contribution in [1.82, 2.24) is 4.90 Å². The Kier molecular flexibility index (Phi) is 5.22. The molecule has 4 nitrogen and oxygen atoms in total. The molecule has 4 heteroatoms. The SMILES string of the molecule is CC#CC(O)(C(=O)OC1CCCN(C)C1)C1=CC=CCC1. The molecule has 0 radical (unpaired) electrons. The first-order valence-electron chi connectivity index (χ1n) is 7.48. The third-order valence-electron chi connectivity index (χ3n) is 3.93. The van der Waals surface area contributed by atoms with Gasteiger partial charge < -0.3 is 14.7 Å². The minimum Gasteiger partial charge on any atom is -0.458 e. The third kappa shape index (κ3) is 3.75. The average molecular weight is 289 g/mol. The van der Waals surface area contributed by atoms with Crippen LogP contribution < -0.4 is 0 Å². The van der Waals surface area contributed by atoms with Gasteiger partial charge in [0.25, 0.3) is 0 Å².